The molecule has 0 fully saturated rings. The molecule has 0 saturated carbocycles. The van der Waals surface area contributed by atoms with E-state index in [0.717, 1.165) is 52.8 Å². The SMILES string of the molecule is Cc1ccc(N(c2ccccc2)c2ccc(-c3ccc(N(C4=CC=CCC4)c4ccc(Oc5ccc(N)cc5)cc4)cc3)cc2)cc1. The number of aryl methyl sites for hydroxylation is 1. The van der Waals surface area contributed by atoms with E-state index in [2.05, 4.69) is 150 Å². The Morgan fingerprint density at radius 1 is 0.511 bits per heavy atom. The van der Waals surface area contributed by atoms with Crippen molar-refractivity contribution in [3.8, 4) is 22.6 Å². The second-order valence-corrected chi connectivity index (χ2v) is 11.7. The number of ether oxygens (including phenoxy) is 1. The van der Waals surface area contributed by atoms with Crippen molar-refractivity contribution < 1.29 is 4.74 Å². The Morgan fingerprint density at radius 3 is 1.51 bits per heavy atom. The van der Waals surface area contributed by atoms with Crippen LogP contribution in [0.2, 0.25) is 0 Å². The molecule has 6 aromatic rings. The van der Waals surface area contributed by atoms with E-state index >= 15 is 0 Å². The second kappa shape index (κ2) is 13.6. The molecule has 0 amide bonds. The number of hydrogen-bond acceptors (Lipinski definition) is 4. The molecule has 1 aliphatic carbocycles. The third-order valence-corrected chi connectivity index (χ3v) is 8.38. The number of benzene rings is 6. The lowest BCUT2D eigenvalue weighted by Gasteiger charge is -2.29. The molecule has 47 heavy (non-hydrogen) atoms. The van der Waals surface area contributed by atoms with E-state index in [0.29, 0.717) is 5.69 Å². The zero-order valence-electron chi connectivity index (χ0n) is 26.5. The number of para-hydroxylation sites is 1. The minimum Gasteiger partial charge on any atom is -0.457 e. The zero-order chi connectivity index (χ0) is 32.0. The van der Waals surface area contributed by atoms with Gasteiger partial charge in [-0.2, -0.15) is 0 Å². The molecule has 0 aromatic heterocycles. The van der Waals surface area contributed by atoms with E-state index in [4.69, 9.17) is 10.5 Å². The number of rotatable bonds is 9. The van der Waals surface area contributed by atoms with Gasteiger partial charge in [-0.15, -0.1) is 0 Å². The third-order valence-electron chi connectivity index (χ3n) is 8.38. The molecule has 0 atom stereocenters. The first-order valence-electron chi connectivity index (χ1n) is 16.0. The van der Waals surface area contributed by atoms with Crippen LogP contribution in [0.4, 0.5) is 34.1 Å². The molecular formula is C43H37N3O. The van der Waals surface area contributed by atoms with Crippen molar-refractivity contribution in [1.82, 2.24) is 0 Å². The highest BCUT2D eigenvalue weighted by molar-refractivity contribution is 5.79. The predicted octanol–water partition coefficient (Wildman–Crippen LogP) is 11.9. The van der Waals surface area contributed by atoms with Crippen LogP contribution in [0.3, 0.4) is 0 Å². The molecule has 0 radical (unpaired) electrons. The number of nitrogen functional groups attached to an aromatic ring is 1. The van der Waals surface area contributed by atoms with Gasteiger partial charge in [-0.05, 0) is 134 Å². The van der Waals surface area contributed by atoms with E-state index in [9.17, 15) is 0 Å². The van der Waals surface area contributed by atoms with E-state index in [1.54, 1.807) is 0 Å². The van der Waals surface area contributed by atoms with Crippen molar-refractivity contribution >= 4 is 34.1 Å². The molecular weight excluding hydrogens is 574 g/mol. The molecule has 2 N–H and O–H groups in total. The van der Waals surface area contributed by atoms with E-state index < -0.39 is 0 Å². The normalized spacial score (nSPS) is 12.3. The fraction of sp³-hybridized carbons (Fsp3) is 0.0698. The van der Waals surface area contributed by atoms with Gasteiger partial charge in [0.15, 0.2) is 0 Å². The fourth-order valence-electron chi connectivity index (χ4n) is 5.92. The molecule has 0 spiro atoms. The average molecular weight is 612 g/mol. The molecule has 0 unspecified atom stereocenters. The van der Waals surface area contributed by atoms with Gasteiger partial charge in [0.2, 0.25) is 0 Å². The Balaban J connectivity index is 1.14. The van der Waals surface area contributed by atoms with Gasteiger partial charge in [-0.1, -0.05) is 72.3 Å². The molecule has 7 rings (SSSR count). The maximum Gasteiger partial charge on any atom is 0.127 e. The van der Waals surface area contributed by atoms with Gasteiger partial charge >= 0.3 is 0 Å². The molecule has 0 aliphatic heterocycles. The summed E-state index contributed by atoms with van der Waals surface area (Å²) in [6.45, 7) is 2.12. The van der Waals surface area contributed by atoms with E-state index in [-0.39, 0.29) is 0 Å². The van der Waals surface area contributed by atoms with Crippen LogP contribution >= 0.6 is 0 Å². The molecule has 4 heteroatoms. The molecule has 0 heterocycles. The molecule has 0 saturated heterocycles. The summed E-state index contributed by atoms with van der Waals surface area (Å²) >= 11 is 0. The Kier molecular flexibility index (Phi) is 8.56. The van der Waals surface area contributed by atoms with Crippen molar-refractivity contribution in [3.05, 3.63) is 181 Å². The number of nitrogens with zero attached hydrogens (tertiary/aromatic N) is 2. The van der Waals surface area contributed by atoms with Crippen LogP contribution in [-0.2, 0) is 0 Å². The lowest BCUT2D eigenvalue weighted by Crippen LogP contribution is -2.17. The standard InChI is InChI=1S/C43H37N3O/c1-32-12-20-38(21-13-32)45(36-8-4-2-5-9-36)39-22-14-33(15-23-39)34-16-24-40(25-17-34)46(37-10-6-3-7-11-37)41-26-30-43(31-27-41)47-42-28-18-35(44)19-29-42/h2-6,8-10,12-31H,7,11,44H2,1H3. The number of allylic oxidation sites excluding steroid dienone is 4. The van der Waals surface area contributed by atoms with E-state index in [1.165, 1.54) is 22.4 Å². The van der Waals surface area contributed by atoms with Crippen molar-refractivity contribution in [2.75, 3.05) is 15.5 Å². The van der Waals surface area contributed by atoms with Gasteiger partial charge in [0.1, 0.15) is 11.5 Å². The summed E-state index contributed by atoms with van der Waals surface area (Å²) in [5.74, 6) is 1.54. The van der Waals surface area contributed by atoms with Crippen LogP contribution in [0.5, 0.6) is 11.5 Å². The fourth-order valence-corrected chi connectivity index (χ4v) is 5.92. The third kappa shape index (κ3) is 6.82. The lowest BCUT2D eigenvalue weighted by atomic mass is 10.0. The minimum atomic E-state index is 0.717. The molecule has 4 nitrogen and oxygen atoms in total. The van der Waals surface area contributed by atoms with Gasteiger partial charge in [-0.25, -0.2) is 0 Å². The minimum absolute atomic E-state index is 0.717. The van der Waals surface area contributed by atoms with Gasteiger partial charge in [0.05, 0.1) is 0 Å². The highest BCUT2D eigenvalue weighted by Crippen LogP contribution is 2.38. The topological polar surface area (TPSA) is 41.7 Å². The number of nitrogens with two attached hydrogens (primary N) is 1. The van der Waals surface area contributed by atoms with Crippen LogP contribution in [-0.4, -0.2) is 0 Å². The van der Waals surface area contributed by atoms with Crippen molar-refractivity contribution in [1.29, 1.82) is 0 Å². The monoisotopic (exact) mass is 611 g/mol. The van der Waals surface area contributed by atoms with Crippen LogP contribution in [0.15, 0.2) is 176 Å². The summed E-state index contributed by atoms with van der Waals surface area (Å²) in [5.41, 5.74) is 17.0. The van der Waals surface area contributed by atoms with Crippen LogP contribution in [0.25, 0.3) is 11.1 Å². The smallest absolute Gasteiger partial charge is 0.127 e. The van der Waals surface area contributed by atoms with E-state index in [1.807, 2.05) is 36.4 Å². The largest absolute Gasteiger partial charge is 0.457 e. The summed E-state index contributed by atoms with van der Waals surface area (Å²) in [6, 6.07) is 52.6. The Labute approximate surface area is 277 Å². The molecule has 1 aliphatic rings. The molecule has 230 valence electrons. The maximum absolute atomic E-state index is 6.06. The molecule has 0 bridgehead atoms. The predicted molar refractivity (Wildman–Crippen MR) is 197 cm³/mol. The van der Waals surface area contributed by atoms with Gasteiger partial charge in [-0.3, -0.25) is 0 Å². The first-order valence-corrected chi connectivity index (χ1v) is 16.0. The highest BCUT2D eigenvalue weighted by Gasteiger charge is 2.17. The van der Waals surface area contributed by atoms with Crippen molar-refractivity contribution in [2.45, 2.75) is 19.8 Å². The Bertz CT molecular complexity index is 1980. The summed E-state index contributed by atoms with van der Waals surface area (Å²) in [6.07, 6.45) is 8.57. The van der Waals surface area contributed by atoms with Crippen LogP contribution < -0.4 is 20.3 Å². The summed E-state index contributed by atoms with van der Waals surface area (Å²) < 4.78 is 6.06. The second-order valence-electron chi connectivity index (χ2n) is 11.7. The van der Waals surface area contributed by atoms with Crippen molar-refractivity contribution in [2.24, 2.45) is 0 Å². The Morgan fingerprint density at radius 2 is 0.979 bits per heavy atom. The van der Waals surface area contributed by atoms with Gasteiger partial charge in [0.25, 0.3) is 0 Å². The maximum atomic E-state index is 6.06. The number of hydrogen-bond donors (Lipinski definition) is 1. The summed E-state index contributed by atoms with van der Waals surface area (Å²) in [5, 5.41) is 0. The van der Waals surface area contributed by atoms with Gasteiger partial charge in [0, 0.05) is 39.8 Å². The van der Waals surface area contributed by atoms with Crippen molar-refractivity contribution in [3.63, 3.8) is 0 Å². The number of anilines is 6. The summed E-state index contributed by atoms with van der Waals surface area (Å²) in [4.78, 5) is 4.63. The molecule has 6 aromatic carbocycles. The van der Waals surface area contributed by atoms with Crippen LogP contribution in [0, 0.1) is 6.92 Å². The summed E-state index contributed by atoms with van der Waals surface area (Å²) in [7, 11) is 0. The quantitative estimate of drug-likeness (QED) is 0.165. The highest BCUT2D eigenvalue weighted by atomic mass is 16.5. The first-order chi connectivity index (χ1) is 23.1. The first kappa shape index (κ1) is 29.7. The average Bonchev–Trinajstić information content (AvgIpc) is 3.13. The lowest BCUT2D eigenvalue weighted by molar-refractivity contribution is 0.483. The Hall–Kier alpha value is -6.00. The zero-order valence-corrected chi connectivity index (χ0v) is 26.5. The van der Waals surface area contributed by atoms with Crippen LogP contribution in [0.1, 0.15) is 18.4 Å². The van der Waals surface area contributed by atoms with Gasteiger partial charge < -0.3 is 20.3 Å².